The van der Waals surface area contributed by atoms with Crippen LogP contribution in [0, 0.1) is 12.8 Å². The first-order valence-electron chi connectivity index (χ1n) is 7.31. The van der Waals surface area contributed by atoms with Gasteiger partial charge in [-0.05, 0) is 37.9 Å². The second-order valence-electron chi connectivity index (χ2n) is 5.67. The van der Waals surface area contributed by atoms with Gasteiger partial charge in [-0.2, -0.15) is 5.10 Å². The number of aliphatic hydroxyl groups excluding tert-OH is 1. The van der Waals surface area contributed by atoms with E-state index in [0.717, 1.165) is 43.0 Å². The molecule has 1 aromatic heterocycles. The molecule has 0 aliphatic carbocycles. The van der Waals surface area contributed by atoms with Gasteiger partial charge in [0.25, 0.3) is 0 Å². The molecule has 1 atom stereocenters. The van der Waals surface area contributed by atoms with Gasteiger partial charge in [0.05, 0.1) is 11.4 Å². The summed E-state index contributed by atoms with van der Waals surface area (Å²) >= 11 is 6.54. The number of halogens is 1. The number of likely N-dealkylation sites (tertiary alicyclic amines) is 1. The zero-order valence-corrected chi connectivity index (χ0v) is 12.9. The molecule has 0 bridgehead atoms. The Hall–Kier alpha value is -1.36. The normalized spacial score (nSPS) is 19.3. The number of aryl methyl sites for hydroxylation is 1. The second kappa shape index (κ2) is 6.18. The summed E-state index contributed by atoms with van der Waals surface area (Å²) in [6.07, 6.45) is 1.06. The van der Waals surface area contributed by atoms with E-state index in [1.807, 2.05) is 37.3 Å². The molecule has 1 aliphatic rings. The van der Waals surface area contributed by atoms with E-state index in [9.17, 15) is 5.11 Å². The Balaban J connectivity index is 1.82. The van der Waals surface area contributed by atoms with E-state index in [0.29, 0.717) is 11.1 Å². The summed E-state index contributed by atoms with van der Waals surface area (Å²) in [5, 5.41) is 14.5. The number of rotatable bonds is 4. The van der Waals surface area contributed by atoms with Crippen LogP contribution in [0.4, 0.5) is 0 Å². The lowest BCUT2D eigenvalue weighted by Gasteiger charge is -2.15. The van der Waals surface area contributed by atoms with Crippen molar-refractivity contribution in [1.29, 1.82) is 0 Å². The zero-order chi connectivity index (χ0) is 14.8. The van der Waals surface area contributed by atoms with Gasteiger partial charge in [-0.3, -0.25) is 4.90 Å². The van der Waals surface area contributed by atoms with Crippen molar-refractivity contribution < 1.29 is 5.11 Å². The molecule has 1 N–H and O–H groups in total. The highest BCUT2D eigenvalue weighted by molar-refractivity contribution is 6.30. The first kappa shape index (κ1) is 14.6. The number of hydrogen-bond acceptors (Lipinski definition) is 3. The SMILES string of the molecule is Cc1nn(-c2ccccc2)c(Cl)c1CN1CCC(CO)C1. The topological polar surface area (TPSA) is 41.3 Å². The maximum Gasteiger partial charge on any atom is 0.137 e. The average molecular weight is 306 g/mol. The lowest BCUT2D eigenvalue weighted by atomic mass is 10.1. The smallest absolute Gasteiger partial charge is 0.137 e. The third kappa shape index (κ3) is 2.98. The molecule has 21 heavy (non-hydrogen) atoms. The van der Waals surface area contributed by atoms with Crippen LogP contribution >= 0.6 is 11.6 Å². The number of aromatic nitrogens is 2. The van der Waals surface area contributed by atoms with Crippen molar-refractivity contribution in [1.82, 2.24) is 14.7 Å². The molecule has 0 radical (unpaired) electrons. The molecule has 2 aromatic rings. The Morgan fingerprint density at radius 1 is 1.33 bits per heavy atom. The summed E-state index contributed by atoms with van der Waals surface area (Å²) < 4.78 is 1.80. The Morgan fingerprint density at radius 3 is 2.76 bits per heavy atom. The largest absolute Gasteiger partial charge is 0.396 e. The molecule has 1 unspecified atom stereocenters. The van der Waals surface area contributed by atoms with Crippen LogP contribution in [0.2, 0.25) is 5.15 Å². The average Bonchev–Trinajstić information content (AvgIpc) is 3.08. The molecule has 0 spiro atoms. The third-order valence-corrected chi connectivity index (χ3v) is 4.52. The molecule has 1 aromatic carbocycles. The Morgan fingerprint density at radius 2 is 2.10 bits per heavy atom. The van der Waals surface area contributed by atoms with Crippen molar-refractivity contribution in [2.75, 3.05) is 19.7 Å². The van der Waals surface area contributed by atoms with Gasteiger partial charge in [-0.1, -0.05) is 29.8 Å². The summed E-state index contributed by atoms with van der Waals surface area (Å²) in [5.74, 6) is 0.397. The van der Waals surface area contributed by atoms with Gasteiger partial charge in [-0.15, -0.1) is 0 Å². The van der Waals surface area contributed by atoms with Crippen LogP contribution in [0.1, 0.15) is 17.7 Å². The number of para-hydroxylation sites is 1. The summed E-state index contributed by atoms with van der Waals surface area (Å²) in [6, 6.07) is 9.94. The van der Waals surface area contributed by atoms with Crippen LogP contribution in [-0.4, -0.2) is 39.5 Å². The predicted molar refractivity (Wildman–Crippen MR) is 83.8 cm³/mol. The molecule has 1 aliphatic heterocycles. The van der Waals surface area contributed by atoms with E-state index in [1.165, 1.54) is 0 Å². The minimum absolute atomic E-state index is 0.270. The van der Waals surface area contributed by atoms with E-state index in [-0.39, 0.29) is 6.61 Å². The molecule has 5 heteroatoms. The first-order valence-corrected chi connectivity index (χ1v) is 7.69. The monoisotopic (exact) mass is 305 g/mol. The van der Waals surface area contributed by atoms with Crippen molar-refractivity contribution in [2.45, 2.75) is 19.9 Å². The fourth-order valence-electron chi connectivity index (χ4n) is 2.88. The molecule has 3 rings (SSSR count). The lowest BCUT2D eigenvalue weighted by molar-refractivity contribution is 0.220. The van der Waals surface area contributed by atoms with Crippen molar-refractivity contribution >= 4 is 11.6 Å². The summed E-state index contributed by atoms with van der Waals surface area (Å²) in [6.45, 7) is 5.01. The van der Waals surface area contributed by atoms with E-state index >= 15 is 0 Å². The minimum atomic E-state index is 0.270. The van der Waals surface area contributed by atoms with E-state index in [1.54, 1.807) is 4.68 Å². The molecule has 4 nitrogen and oxygen atoms in total. The Labute approximate surface area is 130 Å². The fraction of sp³-hybridized carbons (Fsp3) is 0.438. The van der Waals surface area contributed by atoms with Gasteiger partial charge in [0.1, 0.15) is 5.15 Å². The van der Waals surface area contributed by atoms with Crippen molar-refractivity contribution in [3.8, 4) is 5.69 Å². The lowest BCUT2D eigenvalue weighted by Crippen LogP contribution is -2.21. The molecular formula is C16H20ClN3O. The maximum absolute atomic E-state index is 9.24. The van der Waals surface area contributed by atoms with Gasteiger partial charge in [0.2, 0.25) is 0 Å². The van der Waals surface area contributed by atoms with Gasteiger partial charge >= 0.3 is 0 Å². The zero-order valence-electron chi connectivity index (χ0n) is 12.2. The summed E-state index contributed by atoms with van der Waals surface area (Å²) in [7, 11) is 0. The van der Waals surface area contributed by atoms with Crippen LogP contribution in [0.5, 0.6) is 0 Å². The maximum atomic E-state index is 9.24. The van der Waals surface area contributed by atoms with Crippen molar-refractivity contribution in [3.05, 3.63) is 46.7 Å². The molecule has 1 saturated heterocycles. The van der Waals surface area contributed by atoms with Crippen LogP contribution in [0.25, 0.3) is 5.69 Å². The molecule has 0 saturated carbocycles. The highest BCUT2D eigenvalue weighted by atomic mass is 35.5. The predicted octanol–water partition coefficient (Wildman–Crippen LogP) is 2.65. The van der Waals surface area contributed by atoms with Gasteiger partial charge in [-0.25, -0.2) is 4.68 Å². The van der Waals surface area contributed by atoms with E-state index in [4.69, 9.17) is 11.6 Å². The van der Waals surface area contributed by atoms with Gasteiger partial charge < -0.3 is 5.11 Å². The molecule has 112 valence electrons. The number of benzene rings is 1. The number of hydrogen-bond donors (Lipinski definition) is 1. The van der Waals surface area contributed by atoms with E-state index in [2.05, 4.69) is 10.00 Å². The third-order valence-electron chi connectivity index (χ3n) is 4.13. The molecular weight excluding hydrogens is 286 g/mol. The van der Waals surface area contributed by atoms with Gasteiger partial charge in [0.15, 0.2) is 0 Å². The number of aliphatic hydroxyl groups is 1. The number of nitrogens with zero attached hydrogens (tertiary/aromatic N) is 3. The van der Waals surface area contributed by atoms with Gasteiger partial charge in [0, 0.05) is 25.3 Å². The minimum Gasteiger partial charge on any atom is -0.396 e. The summed E-state index contributed by atoms with van der Waals surface area (Å²) in [4.78, 5) is 2.34. The highest BCUT2D eigenvalue weighted by Gasteiger charge is 2.24. The van der Waals surface area contributed by atoms with Crippen LogP contribution in [-0.2, 0) is 6.54 Å². The van der Waals surface area contributed by atoms with Crippen molar-refractivity contribution in [3.63, 3.8) is 0 Å². The quantitative estimate of drug-likeness (QED) is 0.944. The second-order valence-corrected chi connectivity index (χ2v) is 6.03. The van der Waals surface area contributed by atoms with Crippen LogP contribution < -0.4 is 0 Å². The molecule has 2 heterocycles. The van der Waals surface area contributed by atoms with Crippen LogP contribution in [0.15, 0.2) is 30.3 Å². The first-order chi connectivity index (χ1) is 10.2. The Kier molecular flexibility index (Phi) is 4.29. The Bertz CT molecular complexity index is 611. The highest BCUT2D eigenvalue weighted by Crippen LogP contribution is 2.27. The fourth-order valence-corrected chi connectivity index (χ4v) is 3.21. The van der Waals surface area contributed by atoms with Crippen LogP contribution in [0.3, 0.4) is 0 Å². The summed E-state index contributed by atoms with van der Waals surface area (Å²) in [5.41, 5.74) is 3.03. The molecule has 0 amide bonds. The van der Waals surface area contributed by atoms with Crippen molar-refractivity contribution in [2.24, 2.45) is 5.92 Å². The van der Waals surface area contributed by atoms with E-state index < -0.39 is 0 Å². The standard InChI is InChI=1S/C16H20ClN3O/c1-12-15(10-19-8-7-13(9-19)11-21)16(17)20(18-12)14-5-3-2-4-6-14/h2-6,13,21H,7-11H2,1H3. The molecule has 1 fully saturated rings.